The van der Waals surface area contributed by atoms with E-state index in [4.69, 9.17) is 14.0 Å². The van der Waals surface area contributed by atoms with Gasteiger partial charge in [0.2, 0.25) is 6.10 Å². The Balaban J connectivity index is 1.82. The molecule has 4 rings (SSSR count). The van der Waals surface area contributed by atoms with Crippen LogP contribution < -0.4 is 0 Å². The molecule has 0 spiro atoms. The third-order valence-electron chi connectivity index (χ3n) is 6.81. The topological polar surface area (TPSA) is 107 Å². The summed E-state index contributed by atoms with van der Waals surface area (Å²) in [6.07, 6.45) is -0.520. The van der Waals surface area contributed by atoms with Crippen molar-refractivity contribution in [2.24, 2.45) is 23.7 Å². The monoisotopic (exact) mass is 468 g/mol. The van der Waals surface area contributed by atoms with Gasteiger partial charge in [-0.05, 0) is 63.7 Å². The Morgan fingerprint density at radius 2 is 1.65 bits per heavy atom. The predicted octanol–water partition coefficient (Wildman–Crippen LogP) is 3.44. The zero-order valence-corrected chi connectivity index (χ0v) is 18.4. The Labute approximate surface area is 179 Å². The molecule has 4 saturated carbocycles. The van der Waals surface area contributed by atoms with E-state index in [1.165, 1.54) is 6.92 Å². The molecule has 11 heteroatoms. The lowest BCUT2D eigenvalue weighted by molar-refractivity contribution is -0.213. The van der Waals surface area contributed by atoms with Crippen LogP contribution in [-0.2, 0) is 29.2 Å². The van der Waals surface area contributed by atoms with Gasteiger partial charge in [-0.1, -0.05) is 6.58 Å². The van der Waals surface area contributed by atoms with Gasteiger partial charge in [-0.25, -0.2) is 18.0 Å². The third kappa shape index (κ3) is 4.35. The van der Waals surface area contributed by atoms with E-state index >= 15 is 0 Å². The van der Waals surface area contributed by atoms with Gasteiger partial charge in [-0.15, -0.1) is 0 Å². The minimum atomic E-state index is -5.60. The molecule has 0 heterocycles. The lowest BCUT2D eigenvalue weighted by Gasteiger charge is -2.58. The van der Waals surface area contributed by atoms with Gasteiger partial charge in [0.05, 0.1) is 5.92 Å². The van der Waals surface area contributed by atoms with Crippen molar-refractivity contribution in [1.29, 1.82) is 0 Å². The van der Waals surface area contributed by atoms with Crippen LogP contribution >= 0.6 is 0 Å². The highest BCUT2D eigenvalue weighted by molar-refractivity contribution is 7.87. The lowest BCUT2D eigenvalue weighted by atomic mass is 9.50. The second-order valence-electron chi connectivity index (χ2n) is 9.58. The minimum absolute atomic E-state index is 0.187. The highest BCUT2D eigenvalue weighted by Crippen LogP contribution is 2.60. The molecule has 4 atom stereocenters. The van der Waals surface area contributed by atoms with E-state index < -0.39 is 50.6 Å². The Kier molecular flexibility index (Phi) is 5.79. The van der Waals surface area contributed by atoms with E-state index in [1.54, 1.807) is 0 Å². The van der Waals surface area contributed by atoms with Crippen molar-refractivity contribution < 1.29 is 45.2 Å². The fourth-order valence-corrected chi connectivity index (χ4v) is 6.26. The average molecular weight is 468 g/mol. The summed E-state index contributed by atoms with van der Waals surface area (Å²) in [6, 6.07) is 0. The maximum Gasteiger partial charge on any atom is 0.333 e. The molecule has 0 aromatic carbocycles. The van der Waals surface area contributed by atoms with Crippen LogP contribution in [0, 0.1) is 23.7 Å². The van der Waals surface area contributed by atoms with Crippen molar-refractivity contribution >= 4 is 22.1 Å². The Morgan fingerprint density at radius 3 is 2.06 bits per heavy atom. The van der Waals surface area contributed by atoms with E-state index in [0.29, 0.717) is 32.1 Å². The Morgan fingerprint density at radius 1 is 1.13 bits per heavy atom. The molecule has 4 fully saturated rings. The lowest BCUT2D eigenvalue weighted by Crippen LogP contribution is -2.60. The van der Waals surface area contributed by atoms with Crippen LogP contribution in [0.5, 0.6) is 0 Å². The van der Waals surface area contributed by atoms with Crippen molar-refractivity contribution in [2.75, 3.05) is 0 Å². The number of hydrogen-bond acceptors (Lipinski definition) is 6. The summed E-state index contributed by atoms with van der Waals surface area (Å²) in [6.45, 7) is 5.55. The first-order chi connectivity index (χ1) is 14.0. The highest BCUT2D eigenvalue weighted by atomic mass is 32.2. The summed E-state index contributed by atoms with van der Waals surface area (Å²) in [7, 11) is -5.60. The Hall–Kier alpha value is -1.62. The van der Waals surface area contributed by atoms with Crippen molar-refractivity contribution in [1.82, 2.24) is 0 Å². The summed E-state index contributed by atoms with van der Waals surface area (Å²) >= 11 is 0. The van der Waals surface area contributed by atoms with Crippen LogP contribution in [0.3, 0.4) is 0 Å². The first-order valence-corrected chi connectivity index (χ1v) is 11.5. The molecule has 4 aliphatic rings. The van der Waals surface area contributed by atoms with Crippen LogP contribution in [0.1, 0.15) is 52.9 Å². The van der Waals surface area contributed by atoms with E-state index in [2.05, 4.69) is 6.58 Å². The maximum absolute atomic E-state index is 14.7. The predicted molar refractivity (Wildman–Crippen MR) is 102 cm³/mol. The normalized spacial score (nSPS) is 35.2. The zero-order chi connectivity index (χ0) is 23.6. The molecule has 0 radical (unpaired) electrons. The molecule has 4 unspecified atom stereocenters. The van der Waals surface area contributed by atoms with E-state index in [-0.39, 0.29) is 37.2 Å². The number of esters is 2. The van der Waals surface area contributed by atoms with Crippen molar-refractivity contribution in [2.45, 2.75) is 75.5 Å². The quantitative estimate of drug-likeness (QED) is 0.346. The summed E-state index contributed by atoms with van der Waals surface area (Å²) < 4.78 is 84.9. The molecular weight excluding hydrogens is 441 g/mol. The molecule has 0 amide bonds. The molecule has 4 aliphatic carbocycles. The van der Waals surface area contributed by atoms with Crippen molar-refractivity contribution in [3.8, 4) is 0 Å². The second kappa shape index (κ2) is 7.47. The third-order valence-corrected chi connectivity index (χ3v) is 8.04. The number of rotatable bonds is 7. The van der Waals surface area contributed by atoms with E-state index in [1.807, 2.05) is 0 Å². The number of hydrogen-bond donors (Lipinski definition) is 1. The van der Waals surface area contributed by atoms with Gasteiger partial charge in [0.1, 0.15) is 5.60 Å². The summed E-state index contributed by atoms with van der Waals surface area (Å²) in [4.78, 5) is 25.0. The van der Waals surface area contributed by atoms with Gasteiger partial charge in [-0.3, -0.25) is 9.35 Å². The molecule has 176 valence electrons. The number of ether oxygens (including phenoxy) is 2. The number of alkyl halides is 3. The van der Waals surface area contributed by atoms with E-state index in [0.717, 1.165) is 0 Å². The summed E-state index contributed by atoms with van der Waals surface area (Å²) in [5.41, 5.74) is -0.521. The number of carbonyl (C=O) groups excluding carboxylic acids is 2. The molecule has 0 saturated heterocycles. The van der Waals surface area contributed by atoms with Gasteiger partial charge in [0.15, 0.2) is 0 Å². The molecular formula is C20H27F3O7S. The van der Waals surface area contributed by atoms with Crippen LogP contribution in [0.15, 0.2) is 12.2 Å². The zero-order valence-electron chi connectivity index (χ0n) is 17.6. The minimum Gasteiger partial charge on any atom is -0.456 e. The molecule has 1 N–H and O–H groups in total. The molecule has 0 aliphatic heterocycles. The largest absolute Gasteiger partial charge is 0.456 e. The molecule has 7 nitrogen and oxygen atoms in total. The average Bonchev–Trinajstić information content (AvgIpc) is 2.56. The summed E-state index contributed by atoms with van der Waals surface area (Å²) in [5, 5.41) is -3.90. The van der Waals surface area contributed by atoms with Gasteiger partial charge in [0, 0.05) is 12.5 Å². The van der Waals surface area contributed by atoms with Crippen molar-refractivity contribution in [3.05, 3.63) is 12.2 Å². The van der Waals surface area contributed by atoms with Gasteiger partial charge in [0.25, 0.3) is 10.9 Å². The van der Waals surface area contributed by atoms with Gasteiger partial charge in [-0.2, -0.15) is 8.42 Å². The van der Waals surface area contributed by atoms with Crippen LogP contribution in [0.4, 0.5) is 13.2 Å². The van der Waals surface area contributed by atoms with Crippen LogP contribution in [0.25, 0.3) is 0 Å². The SMILES string of the molecule is C=C(C)C(=O)OC12CC3CC(C1)C(C(=O)OC(C(C)(F)F)C(C)(F)S(=O)(=O)O)C(C3)C2. The number of halogens is 3. The van der Waals surface area contributed by atoms with Gasteiger partial charge >= 0.3 is 22.1 Å². The van der Waals surface area contributed by atoms with Crippen molar-refractivity contribution in [3.63, 3.8) is 0 Å². The fourth-order valence-electron chi connectivity index (χ4n) is 5.73. The Bertz CT molecular complexity index is 877. The first-order valence-electron chi connectivity index (χ1n) is 10.1. The second-order valence-corrected chi connectivity index (χ2v) is 11.3. The molecule has 0 aromatic rings. The van der Waals surface area contributed by atoms with Crippen LogP contribution in [-0.4, -0.2) is 47.5 Å². The smallest absolute Gasteiger partial charge is 0.333 e. The molecule has 31 heavy (non-hydrogen) atoms. The standard InChI is InChI=1S/C20H27F3O7S/c1-10(2)15(24)30-20-7-11-5-12(8-20)14(13(6-11)9-20)16(25)29-17(18(3,21)22)19(4,23)31(26,27)28/h11-14,17H,1,5-9H2,2-4H3,(H,26,27,28). The maximum atomic E-state index is 14.7. The summed E-state index contributed by atoms with van der Waals surface area (Å²) in [5.74, 6) is -7.07. The first kappa shape index (κ1) is 24.0. The highest BCUT2D eigenvalue weighted by Gasteiger charge is 2.62. The fraction of sp³-hybridized carbons (Fsp3) is 0.800. The number of carbonyl (C=O) groups is 2. The van der Waals surface area contributed by atoms with E-state index in [9.17, 15) is 31.2 Å². The molecule has 4 bridgehead atoms. The molecule has 0 aromatic heterocycles. The van der Waals surface area contributed by atoms with Gasteiger partial charge < -0.3 is 9.47 Å². The van der Waals surface area contributed by atoms with Crippen LogP contribution in [0.2, 0.25) is 0 Å².